The predicted octanol–water partition coefficient (Wildman–Crippen LogP) is -1.65. The van der Waals surface area contributed by atoms with Crippen LogP contribution in [0.4, 0.5) is 10.2 Å². The number of anilines is 1. The lowest BCUT2D eigenvalue weighted by atomic mass is 9.99. The first-order chi connectivity index (χ1) is 9.21. The lowest BCUT2D eigenvalue weighted by Gasteiger charge is -2.30. The SMILES string of the molecule is CC(=O)[C@@]1(n2cc(F)c(N)nc2=O)O[C@H](C)[C@@H](O)[C@H]1O. The van der Waals surface area contributed by atoms with Crippen molar-refractivity contribution in [1.82, 2.24) is 9.55 Å². The minimum absolute atomic E-state index is 0.512. The molecule has 8 nitrogen and oxygen atoms in total. The number of Topliss-reactive ketones (excluding diaryl/α,β-unsaturated/α-hetero) is 1. The van der Waals surface area contributed by atoms with Gasteiger partial charge in [-0.1, -0.05) is 0 Å². The van der Waals surface area contributed by atoms with Crippen molar-refractivity contribution in [3.63, 3.8) is 0 Å². The average molecular weight is 287 g/mol. The molecule has 1 fully saturated rings. The zero-order valence-electron chi connectivity index (χ0n) is 10.8. The number of hydrogen-bond donors (Lipinski definition) is 3. The normalized spacial score (nSPS) is 33.4. The Morgan fingerprint density at radius 3 is 2.65 bits per heavy atom. The van der Waals surface area contributed by atoms with Crippen molar-refractivity contribution in [3.05, 3.63) is 22.5 Å². The smallest absolute Gasteiger partial charge is 0.352 e. The molecule has 0 saturated carbocycles. The summed E-state index contributed by atoms with van der Waals surface area (Å²) in [6.07, 6.45) is -3.45. The van der Waals surface area contributed by atoms with Crippen LogP contribution < -0.4 is 11.4 Å². The fourth-order valence-electron chi connectivity index (χ4n) is 2.25. The Bertz CT molecular complexity index is 619. The molecule has 0 radical (unpaired) electrons. The molecule has 0 unspecified atom stereocenters. The zero-order chi connectivity index (χ0) is 15.2. The van der Waals surface area contributed by atoms with Crippen LogP contribution in [0, 0.1) is 5.82 Å². The number of nitrogens with two attached hydrogens (primary N) is 1. The summed E-state index contributed by atoms with van der Waals surface area (Å²) < 4.78 is 19.3. The second kappa shape index (κ2) is 4.62. The molecule has 4 atom stereocenters. The van der Waals surface area contributed by atoms with Crippen molar-refractivity contribution in [2.45, 2.75) is 37.9 Å². The second-order valence-corrected chi connectivity index (χ2v) is 4.64. The lowest BCUT2D eigenvalue weighted by molar-refractivity contribution is -0.170. The van der Waals surface area contributed by atoms with Crippen LogP contribution >= 0.6 is 0 Å². The monoisotopic (exact) mass is 287 g/mol. The van der Waals surface area contributed by atoms with E-state index in [9.17, 15) is 24.2 Å². The number of rotatable bonds is 2. The van der Waals surface area contributed by atoms with Gasteiger partial charge in [0.1, 0.15) is 12.2 Å². The largest absolute Gasteiger partial charge is 0.387 e. The predicted molar refractivity (Wildman–Crippen MR) is 64.1 cm³/mol. The van der Waals surface area contributed by atoms with E-state index in [1.54, 1.807) is 0 Å². The standard InChI is InChI=1S/C11H14FN3O5/c1-4-7(17)8(18)11(20-4,5(2)16)15-3-6(12)9(13)14-10(15)19/h3-4,7-8,17-18H,1-2H3,(H2,13,14,19)/t4-,7-,8-,11-/m1/s1. The molecule has 2 rings (SSSR count). The van der Waals surface area contributed by atoms with Crippen LogP contribution in [-0.4, -0.2) is 43.9 Å². The van der Waals surface area contributed by atoms with E-state index in [1.807, 2.05) is 0 Å². The first-order valence-corrected chi connectivity index (χ1v) is 5.82. The van der Waals surface area contributed by atoms with Gasteiger partial charge in [-0.25, -0.2) is 9.18 Å². The third-order valence-electron chi connectivity index (χ3n) is 3.34. The first kappa shape index (κ1) is 14.6. The summed E-state index contributed by atoms with van der Waals surface area (Å²) in [6.45, 7) is 2.46. The van der Waals surface area contributed by atoms with Gasteiger partial charge in [0.25, 0.3) is 0 Å². The van der Waals surface area contributed by atoms with Crippen LogP contribution in [0.3, 0.4) is 0 Å². The number of aliphatic hydroxyl groups excluding tert-OH is 2. The lowest BCUT2D eigenvalue weighted by Crippen LogP contribution is -2.55. The van der Waals surface area contributed by atoms with Gasteiger partial charge in [-0.2, -0.15) is 4.98 Å². The minimum atomic E-state index is -2.22. The highest BCUT2D eigenvalue weighted by molar-refractivity contribution is 5.84. The molecular formula is C11H14FN3O5. The second-order valence-electron chi connectivity index (χ2n) is 4.64. The third kappa shape index (κ3) is 1.82. The fourth-order valence-corrected chi connectivity index (χ4v) is 2.25. The van der Waals surface area contributed by atoms with Crippen molar-refractivity contribution in [2.24, 2.45) is 0 Å². The van der Waals surface area contributed by atoms with Gasteiger partial charge in [-0.3, -0.25) is 9.36 Å². The molecule has 9 heteroatoms. The number of halogens is 1. The topological polar surface area (TPSA) is 128 Å². The van der Waals surface area contributed by atoms with Crippen molar-refractivity contribution in [3.8, 4) is 0 Å². The Morgan fingerprint density at radius 2 is 2.20 bits per heavy atom. The zero-order valence-corrected chi connectivity index (χ0v) is 10.8. The molecule has 1 aromatic heterocycles. The number of carbonyl (C=O) groups is 1. The van der Waals surface area contributed by atoms with Crippen LogP contribution in [0.25, 0.3) is 0 Å². The van der Waals surface area contributed by atoms with Crippen molar-refractivity contribution in [2.75, 3.05) is 5.73 Å². The van der Waals surface area contributed by atoms with Gasteiger partial charge in [0, 0.05) is 0 Å². The molecule has 1 aromatic rings. The Hall–Kier alpha value is -1.84. The number of aromatic nitrogens is 2. The summed E-state index contributed by atoms with van der Waals surface area (Å²) in [5, 5.41) is 19.8. The van der Waals surface area contributed by atoms with Crippen molar-refractivity contribution >= 4 is 11.6 Å². The Balaban J connectivity index is 2.71. The van der Waals surface area contributed by atoms with Crippen molar-refractivity contribution in [1.29, 1.82) is 0 Å². The quantitative estimate of drug-likeness (QED) is 0.594. The van der Waals surface area contributed by atoms with Crippen LogP contribution in [-0.2, 0) is 15.3 Å². The number of nitrogen functional groups attached to an aromatic ring is 1. The van der Waals surface area contributed by atoms with E-state index < -0.39 is 47.1 Å². The Labute approximate surface area is 112 Å². The van der Waals surface area contributed by atoms with E-state index >= 15 is 0 Å². The maximum absolute atomic E-state index is 13.5. The summed E-state index contributed by atoms with van der Waals surface area (Å²) in [5.74, 6) is -2.46. The molecule has 0 amide bonds. The molecule has 1 saturated heterocycles. The van der Waals surface area contributed by atoms with E-state index in [2.05, 4.69) is 4.98 Å². The number of ether oxygens (including phenoxy) is 1. The molecular weight excluding hydrogens is 273 g/mol. The number of carbonyl (C=O) groups excluding carboxylic acids is 1. The summed E-state index contributed by atoms with van der Waals surface area (Å²) in [6, 6.07) is 0. The molecule has 2 heterocycles. The minimum Gasteiger partial charge on any atom is -0.387 e. The average Bonchev–Trinajstić information content (AvgIpc) is 2.59. The molecule has 0 aliphatic carbocycles. The van der Waals surface area contributed by atoms with Gasteiger partial charge in [0.05, 0.1) is 12.3 Å². The molecule has 1 aliphatic rings. The molecule has 1 aliphatic heterocycles. The molecule has 4 N–H and O–H groups in total. The highest BCUT2D eigenvalue weighted by Crippen LogP contribution is 2.35. The van der Waals surface area contributed by atoms with Crippen LogP contribution in [0.15, 0.2) is 11.0 Å². The molecule has 0 spiro atoms. The Morgan fingerprint density at radius 1 is 1.60 bits per heavy atom. The summed E-state index contributed by atoms with van der Waals surface area (Å²) in [7, 11) is 0. The van der Waals surface area contributed by atoms with E-state index in [-0.39, 0.29) is 0 Å². The van der Waals surface area contributed by atoms with Crippen molar-refractivity contribution < 1.29 is 24.1 Å². The highest BCUT2D eigenvalue weighted by Gasteiger charge is 2.58. The van der Waals surface area contributed by atoms with Crippen LogP contribution in [0.5, 0.6) is 0 Å². The van der Waals surface area contributed by atoms with Gasteiger partial charge in [0.15, 0.2) is 17.4 Å². The fraction of sp³-hybridized carbons (Fsp3) is 0.545. The van der Waals surface area contributed by atoms with Crippen LogP contribution in [0.1, 0.15) is 13.8 Å². The maximum Gasteiger partial charge on any atom is 0.352 e. The molecule has 110 valence electrons. The number of nitrogens with zero attached hydrogens (tertiary/aromatic N) is 2. The first-order valence-electron chi connectivity index (χ1n) is 5.82. The molecule has 20 heavy (non-hydrogen) atoms. The van der Waals surface area contributed by atoms with Gasteiger partial charge < -0.3 is 20.7 Å². The van der Waals surface area contributed by atoms with E-state index in [0.29, 0.717) is 10.8 Å². The third-order valence-corrected chi connectivity index (χ3v) is 3.34. The molecule has 0 aromatic carbocycles. The highest BCUT2D eigenvalue weighted by atomic mass is 19.1. The van der Waals surface area contributed by atoms with E-state index in [0.717, 1.165) is 6.92 Å². The van der Waals surface area contributed by atoms with Gasteiger partial charge >= 0.3 is 5.69 Å². The number of aliphatic hydroxyl groups is 2. The number of hydrogen-bond acceptors (Lipinski definition) is 7. The van der Waals surface area contributed by atoms with Gasteiger partial charge in [-0.15, -0.1) is 0 Å². The maximum atomic E-state index is 13.5. The molecule has 0 bridgehead atoms. The Kier molecular flexibility index (Phi) is 3.36. The van der Waals surface area contributed by atoms with Gasteiger partial charge in [-0.05, 0) is 13.8 Å². The van der Waals surface area contributed by atoms with E-state index in [1.165, 1.54) is 6.92 Å². The number of ketones is 1. The summed E-state index contributed by atoms with van der Waals surface area (Å²) in [5.41, 5.74) is 1.86. The van der Waals surface area contributed by atoms with Gasteiger partial charge in [0.2, 0.25) is 5.72 Å². The summed E-state index contributed by atoms with van der Waals surface area (Å²) >= 11 is 0. The van der Waals surface area contributed by atoms with Crippen LogP contribution in [0.2, 0.25) is 0 Å². The van der Waals surface area contributed by atoms with E-state index in [4.69, 9.17) is 10.5 Å². The summed E-state index contributed by atoms with van der Waals surface area (Å²) in [4.78, 5) is 26.9.